The maximum Gasteiger partial charge on any atom is 0.101 e. The van der Waals surface area contributed by atoms with Gasteiger partial charge in [0.1, 0.15) is 6.07 Å². The first-order valence-corrected chi connectivity index (χ1v) is 13.8. The number of aromatic nitrogens is 2. The van der Waals surface area contributed by atoms with Crippen LogP contribution in [0.5, 0.6) is 0 Å². The topological polar surface area (TPSA) is 57.4 Å². The second-order valence-electron chi connectivity index (χ2n) is 10.4. The zero-order valence-electron chi connectivity index (χ0n) is 22.5. The van der Waals surface area contributed by atoms with Crippen molar-refractivity contribution in [1.82, 2.24) is 9.13 Å². The monoisotopic (exact) mass is 534 g/mol. The van der Waals surface area contributed by atoms with Crippen LogP contribution in [0.15, 0.2) is 133 Å². The predicted octanol–water partition coefficient (Wildman–Crippen LogP) is 9.29. The molecular weight excluding hydrogens is 512 g/mol. The van der Waals surface area contributed by atoms with E-state index in [2.05, 4.69) is 124 Å². The van der Waals surface area contributed by atoms with Crippen molar-refractivity contribution in [2.24, 2.45) is 0 Å². The van der Waals surface area contributed by atoms with E-state index < -0.39 is 0 Å². The number of hydrogen-bond donors (Lipinski definition) is 0. The summed E-state index contributed by atoms with van der Waals surface area (Å²) in [6.45, 7) is 0. The lowest BCUT2D eigenvalue weighted by atomic mass is 10.1. The van der Waals surface area contributed by atoms with Crippen LogP contribution in [0.1, 0.15) is 11.1 Å². The molecule has 0 radical (unpaired) electrons. The lowest BCUT2D eigenvalue weighted by Crippen LogP contribution is -1.98. The van der Waals surface area contributed by atoms with E-state index in [1.807, 2.05) is 18.2 Å². The third kappa shape index (κ3) is 3.40. The van der Waals surface area contributed by atoms with Crippen LogP contribution in [0.3, 0.4) is 0 Å². The molecule has 0 unspecified atom stereocenters. The van der Waals surface area contributed by atoms with Gasteiger partial charge in [0.25, 0.3) is 0 Å². The van der Waals surface area contributed by atoms with Crippen molar-refractivity contribution in [3.63, 3.8) is 0 Å². The maximum absolute atomic E-state index is 10.0. The predicted molar refractivity (Wildman–Crippen MR) is 170 cm³/mol. The molecule has 0 aliphatic heterocycles. The minimum Gasteiger partial charge on any atom is -0.309 e. The fraction of sp³-hybridized carbons (Fsp3) is 0. The van der Waals surface area contributed by atoms with E-state index in [0.29, 0.717) is 11.1 Å². The molecule has 2 aromatic heterocycles. The summed E-state index contributed by atoms with van der Waals surface area (Å²) in [7, 11) is 0. The minimum absolute atomic E-state index is 0.470. The van der Waals surface area contributed by atoms with Gasteiger partial charge in [0, 0.05) is 27.2 Å². The highest BCUT2D eigenvalue weighted by Crippen LogP contribution is 2.42. The van der Waals surface area contributed by atoms with E-state index in [1.54, 1.807) is 12.1 Å². The Balaban J connectivity index is 1.45. The van der Waals surface area contributed by atoms with Gasteiger partial charge in [0.05, 0.1) is 45.0 Å². The van der Waals surface area contributed by atoms with Crippen LogP contribution in [0.4, 0.5) is 0 Å². The zero-order chi connectivity index (χ0) is 28.2. The van der Waals surface area contributed by atoms with Gasteiger partial charge in [-0.3, -0.25) is 0 Å². The molecule has 4 heteroatoms. The highest BCUT2D eigenvalue weighted by Gasteiger charge is 2.21. The molecule has 194 valence electrons. The molecule has 0 spiro atoms. The Morgan fingerprint density at radius 1 is 0.452 bits per heavy atom. The van der Waals surface area contributed by atoms with E-state index in [4.69, 9.17) is 0 Å². The van der Waals surface area contributed by atoms with Crippen LogP contribution in [0, 0.1) is 22.7 Å². The van der Waals surface area contributed by atoms with Crippen molar-refractivity contribution in [2.75, 3.05) is 0 Å². The van der Waals surface area contributed by atoms with Crippen LogP contribution in [-0.4, -0.2) is 9.13 Å². The zero-order valence-corrected chi connectivity index (χ0v) is 22.5. The first kappa shape index (κ1) is 23.8. The van der Waals surface area contributed by atoms with E-state index in [0.717, 1.165) is 44.2 Å². The van der Waals surface area contributed by atoms with Crippen molar-refractivity contribution in [3.05, 3.63) is 145 Å². The van der Waals surface area contributed by atoms with Gasteiger partial charge in [0.2, 0.25) is 0 Å². The molecule has 0 saturated heterocycles. The van der Waals surface area contributed by atoms with Crippen LogP contribution in [0.2, 0.25) is 0 Å². The molecule has 0 amide bonds. The number of para-hydroxylation sites is 2. The van der Waals surface area contributed by atoms with Gasteiger partial charge >= 0.3 is 0 Å². The molecule has 4 nitrogen and oxygen atoms in total. The Bertz CT molecular complexity index is 2410. The van der Waals surface area contributed by atoms with Crippen LogP contribution < -0.4 is 0 Å². The normalized spacial score (nSPS) is 11.3. The SMILES string of the molecule is N#Cc1ccc(-n2c3ccccc3c3c4c5ccccc5n(-c5ccc(-c6ccccc6)cc5)c4ccc32)c(C#N)c1. The second-order valence-corrected chi connectivity index (χ2v) is 10.4. The maximum atomic E-state index is 10.0. The van der Waals surface area contributed by atoms with Gasteiger partial charge in [-0.05, 0) is 65.7 Å². The van der Waals surface area contributed by atoms with Crippen molar-refractivity contribution >= 4 is 43.6 Å². The number of rotatable bonds is 3. The van der Waals surface area contributed by atoms with Gasteiger partial charge in [-0.15, -0.1) is 0 Å². The third-order valence-corrected chi connectivity index (χ3v) is 8.19. The summed E-state index contributed by atoms with van der Waals surface area (Å²) < 4.78 is 4.50. The third-order valence-electron chi connectivity index (χ3n) is 8.19. The Hall–Kier alpha value is -6.10. The molecule has 0 aliphatic carbocycles. The van der Waals surface area contributed by atoms with E-state index in [9.17, 15) is 10.5 Å². The van der Waals surface area contributed by atoms with E-state index in [1.165, 1.54) is 21.9 Å². The molecule has 8 rings (SSSR count). The number of nitriles is 2. The Morgan fingerprint density at radius 3 is 1.67 bits per heavy atom. The lowest BCUT2D eigenvalue weighted by molar-refractivity contribution is 1.16. The summed E-state index contributed by atoms with van der Waals surface area (Å²) in [5.74, 6) is 0. The Labute approximate surface area is 242 Å². The van der Waals surface area contributed by atoms with Crippen molar-refractivity contribution in [2.45, 2.75) is 0 Å². The van der Waals surface area contributed by atoms with E-state index >= 15 is 0 Å². The summed E-state index contributed by atoms with van der Waals surface area (Å²) >= 11 is 0. The Kier molecular flexibility index (Phi) is 5.22. The highest BCUT2D eigenvalue weighted by molar-refractivity contribution is 6.28. The molecule has 0 aliphatic rings. The van der Waals surface area contributed by atoms with Gasteiger partial charge < -0.3 is 9.13 Å². The number of hydrogen-bond acceptors (Lipinski definition) is 2. The van der Waals surface area contributed by atoms with Crippen LogP contribution >= 0.6 is 0 Å². The van der Waals surface area contributed by atoms with Crippen molar-refractivity contribution in [3.8, 4) is 34.6 Å². The first-order chi connectivity index (χ1) is 20.8. The van der Waals surface area contributed by atoms with Crippen molar-refractivity contribution in [1.29, 1.82) is 10.5 Å². The molecule has 8 aromatic rings. The fourth-order valence-electron chi connectivity index (χ4n) is 6.38. The van der Waals surface area contributed by atoms with Gasteiger partial charge in [-0.25, -0.2) is 0 Å². The molecule has 2 heterocycles. The molecule has 0 bridgehead atoms. The highest BCUT2D eigenvalue weighted by atomic mass is 15.0. The van der Waals surface area contributed by atoms with Crippen LogP contribution in [-0.2, 0) is 0 Å². The standard InChI is InChI=1S/C38H22N4/c39-23-25-14-19-32(28(22-25)24-40)42-34-13-7-5-11-31(34)38-36(42)21-20-35-37(38)30-10-4-6-12-33(30)41(35)29-17-15-27(16-18-29)26-8-2-1-3-9-26/h1-22H. The molecule has 6 aromatic carbocycles. The Morgan fingerprint density at radius 2 is 1.02 bits per heavy atom. The summed E-state index contributed by atoms with van der Waals surface area (Å²) in [5, 5.41) is 24.1. The molecule has 0 saturated carbocycles. The average molecular weight is 535 g/mol. The summed E-state index contributed by atoms with van der Waals surface area (Å²) in [5.41, 5.74) is 9.49. The van der Waals surface area contributed by atoms with Crippen molar-refractivity contribution < 1.29 is 0 Å². The average Bonchev–Trinajstić information content (AvgIpc) is 3.57. The van der Waals surface area contributed by atoms with Gasteiger partial charge in [-0.1, -0.05) is 78.9 Å². The molecule has 42 heavy (non-hydrogen) atoms. The fourth-order valence-corrected chi connectivity index (χ4v) is 6.38. The second kappa shape index (κ2) is 9.24. The molecule has 0 atom stereocenters. The first-order valence-electron chi connectivity index (χ1n) is 13.8. The quantitative estimate of drug-likeness (QED) is 0.227. The van der Waals surface area contributed by atoms with Gasteiger partial charge in [0.15, 0.2) is 0 Å². The lowest BCUT2D eigenvalue weighted by Gasteiger charge is -2.11. The summed E-state index contributed by atoms with van der Waals surface area (Å²) in [6.07, 6.45) is 0. The van der Waals surface area contributed by atoms with Gasteiger partial charge in [-0.2, -0.15) is 10.5 Å². The largest absolute Gasteiger partial charge is 0.309 e. The smallest absolute Gasteiger partial charge is 0.101 e. The number of fused-ring (bicyclic) bond motifs is 7. The minimum atomic E-state index is 0.470. The summed E-state index contributed by atoms with van der Waals surface area (Å²) in [4.78, 5) is 0. The number of nitrogens with zero attached hydrogens (tertiary/aromatic N) is 4. The van der Waals surface area contributed by atoms with E-state index in [-0.39, 0.29) is 0 Å². The molecular formula is C38H22N4. The van der Waals surface area contributed by atoms with Crippen LogP contribution in [0.25, 0.3) is 66.1 Å². The number of benzene rings is 6. The molecule has 0 fully saturated rings. The molecule has 0 N–H and O–H groups in total. The summed E-state index contributed by atoms with van der Waals surface area (Å²) in [6, 6.07) is 50.2.